The average Bonchev–Trinajstić information content (AvgIpc) is 3.11. The molecule has 3 rings (SSSR count). The van der Waals surface area contributed by atoms with Crippen LogP contribution in [0.1, 0.15) is 82.9 Å². The van der Waals surface area contributed by atoms with Crippen LogP contribution in [0.2, 0.25) is 0 Å². The van der Waals surface area contributed by atoms with E-state index in [1.54, 1.807) is 0 Å². The second-order valence-electron chi connectivity index (χ2n) is 7.65. The number of hydrogen-bond donors (Lipinski definition) is 0. The van der Waals surface area contributed by atoms with Crippen molar-refractivity contribution in [3.05, 3.63) is 51.8 Å². The van der Waals surface area contributed by atoms with E-state index in [4.69, 9.17) is 4.99 Å². The molecule has 1 aromatic heterocycles. The van der Waals surface area contributed by atoms with Gasteiger partial charge in [0.15, 0.2) is 4.80 Å². The summed E-state index contributed by atoms with van der Waals surface area (Å²) in [5.74, 6) is 0. The number of aromatic nitrogens is 1. The molecule has 0 amide bonds. The van der Waals surface area contributed by atoms with E-state index in [1.165, 1.54) is 73.8 Å². The molecule has 1 saturated carbocycles. The molecule has 1 heterocycles. The first-order chi connectivity index (χ1) is 12.8. The minimum absolute atomic E-state index is 0. The van der Waals surface area contributed by atoms with Crippen LogP contribution in [0.15, 0.2) is 40.7 Å². The molecule has 1 aromatic carbocycles. The number of halogens is 1. The molecular weight excluding hydrogens is 416 g/mol. The fraction of sp³-hybridized carbons (Fsp3) is 0.609. The summed E-state index contributed by atoms with van der Waals surface area (Å²) in [6, 6.07) is 11.3. The highest BCUT2D eigenvalue weighted by Crippen LogP contribution is 2.45. The second-order valence-corrected chi connectivity index (χ2v) is 8.49. The van der Waals surface area contributed by atoms with Gasteiger partial charge in [0.25, 0.3) is 0 Å². The normalized spacial score (nSPS) is 16.9. The third kappa shape index (κ3) is 5.14. The van der Waals surface area contributed by atoms with Crippen LogP contribution in [0.4, 0.5) is 0 Å². The SMILES string of the molecule is Br.CCCC/N=c1/scc(C2(c3ccccc3)CCCCC2)n1CCCC. The van der Waals surface area contributed by atoms with Crippen molar-refractivity contribution in [1.29, 1.82) is 0 Å². The largest absolute Gasteiger partial charge is 0.320 e. The first-order valence-electron chi connectivity index (χ1n) is 10.6. The zero-order valence-electron chi connectivity index (χ0n) is 17.0. The van der Waals surface area contributed by atoms with Gasteiger partial charge in [0, 0.05) is 29.6 Å². The van der Waals surface area contributed by atoms with Crippen molar-refractivity contribution < 1.29 is 0 Å². The number of unbranched alkanes of at least 4 members (excludes halogenated alkanes) is 2. The highest BCUT2D eigenvalue weighted by molar-refractivity contribution is 8.93. The Morgan fingerprint density at radius 2 is 1.70 bits per heavy atom. The molecule has 1 aliphatic carbocycles. The van der Waals surface area contributed by atoms with Gasteiger partial charge >= 0.3 is 0 Å². The molecule has 0 saturated heterocycles. The molecule has 4 heteroatoms. The predicted octanol–water partition coefficient (Wildman–Crippen LogP) is 6.88. The van der Waals surface area contributed by atoms with Crippen LogP contribution in [0.25, 0.3) is 0 Å². The summed E-state index contributed by atoms with van der Waals surface area (Å²) in [6.07, 6.45) is 11.5. The Labute approximate surface area is 179 Å². The second kappa shape index (κ2) is 11.2. The quantitative estimate of drug-likeness (QED) is 0.389. The van der Waals surface area contributed by atoms with E-state index in [1.807, 2.05) is 11.3 Å². The maximum absolute atomic E-state index is 4.97. The Bertz CT molecular complexity index is 726. The van der Waals surface area contributed by atoms with Crippen molar-refractivity contribution in [3.8, 4) is 0 Å². The summed E-state index contributed by atoms with van der Waals surface area (Å²) in [4.78, 5) is 6.21. The topological polar surface area (TPSA) is 17.3 Å². The zero-order chi connectivity index (χ0) is 18.2. The molecule has 2 nitrogen and oxygen atoms in total. The summed E-state index contributed by atoms with van der Waals surface area (Å²) in [7, 11) is 0. The molecule has 0 atom stereocenters. The van der Waals surface area contributed by atoms with Crippen LogP contribution < -0.4 is 4.80 Å². The third-order valence-corrected chi connectivity index (χ3v) is 6.72. The van der Waals surface area contributed by atoms with Gasteiger partial charge in [-0.1, -0.05) is 76.3 Å². The number of rotatable bonds is 8. The summed E-state index contributed by atoms with van der Waals surface area (Å²) in [6.45, 7) is 6.59. The van der Waals surface area contributed by atoms with E-state index >= 15 is 0 Å². The van der Waals surface area contributed by atoms with Gasteiger partial charge in [0.05, 0.1) is 0 Å². The maximum Gasteiger partial charge on any atom is 0.184 e. The minimum Gasteiger partial charge on any atom is -0.320 e. The number of thiazole rings is 1. The highest BCUT2D eigenvalue weighted by Gasteiger charge is 2.38. The van der Waals surface area contributed by atoms with Gasteiger partial charge in [-0.15, -0.1) is 28.3 Å². The van der Waals surface area contributed by atoms with E-state index < -0.39 is 0 Å². The van der Waals surface area contributed by atoms with Crippen LogP contribution in [-0.4, -0.2) is 11.1 Å². The van der Waals surface area contributed by atoms with Crippen molar-refractivity contribution in [2.75, 3.05) is 6.54 Å². The van der Waals surface area contributed by atoms with Crippen LogP contribution >= 0.6 is 28.3 Å². The fourth-order valence-electron chi connectivity index (χ4n) is 4.30. The molecule has 0 N–H and O–H groups in total. The van der Waals surface area contributed by atoms with Crippen LogP contribution in [0, 0.1) is 0 Å². The molecule has 0 unspecified atom stereocenters. The van der Waals surface area contributed by atoms with Crippen molar-refractivity contribution in [2.45, 2.75) is 83.6 Å². The summed E-state index contributed by atoms with van der Waals surface area (Å²) >= 11 is 1.86. The lowest BCUT2D eigenvalue weighted by Crippen LogP contribution is -2.35. The summed E-state index contributed by atoms with van der Waals surface area (Å²) in [5.41, 5.74) is 3.21. The Balaban J connectivity index is 0.00000261. The van der Waals surface area contributed by atoms with Crippen molar-refractivity contribution >= 4 is 28.3 Å². The van der Waals surface area contributed by atoms with Crippen molar-refractivity contribution in [1.82, 2.24) is 4.57 Å². The molecule has 150 valence electrons. The van der Waals surface area contributed by atoms with Gasteiger partial charge in [-0.2, -0.15) is 0 Å². The molecular formula is C23H35BrN2S. The summed E-state index contributed by atoms with van der Waals surface area (Å²) < 4.78 is 2.57. The monoisotopic (exact) mass is 450 g/mol. The summed E-state index contributed by atoms with van der Waals surface area (Å²) in [5, 5.41) is 2.43. The third-order valence-electron chi connectivity index (χ3n) is 5.82. The lowest BCUT2D eigenvalue weighted by molar-refractivity contribution is 0.325. The van der Waals surface area contributed by atoms with E-state index in [9.17, 15) is 0 Å². The number of hydrogen-bond acceptors (Lipinski definition) is 2. The zero-order valence-corrected chi connectivity index (χ0v) is 19.5. The van der Waals surface area contributed by atoms with Gasteiger partial charge < -0.3 is 4.57 Å². The van der Waals surface area contributed by atoms with Crippen LogP contribution in [0.3, 0.4) is 0 Å². The smallest absolute Gasteiger partial charge is 0.184 e. The lowest BCUT2D eigenvalue weighted by atomic mass is 9.67. The molecule has 1 aliphatic rings. The van der Waals surface area contributed by atoms with E-state index in [-0.39, 0.29) is 22.4 Å². The molecule has 27 heavy (non-hydrogen) atoms. The first kappa shape index (κ1) is 22.4. The van der Waals surface area contributed by atoms with E-state index in [0.29, 0.717) is 0 Å². The maximum atomic E-state index is 4.97. The molecule has 2 aromatic rings. The Hall–Kier alpha value is -0.870. The van der Waals surface area contributed by atoms with Gasteiger partial charge in [0.1, 0.15) is 0 Å². The molecule has 0 radical (unpaired) electrons. The average molecular weight is 452 g/mol. The Morgan fingerprint density at radius 3 is 2.37 bits per heavy atom. The lowest BCUT2D eigenvalue weighted by Gasteiger charge is -2.38. The van der Waals surface area contributed by atoms with Gasteiger partial charge in [-0.25, -0.2) is 0 Å². The predicted molar refractivity (Wildman–Crippen MR) is 123 cm³/mol. The Morgan fingerprint density at radius 1 is 1.00 bits per heavy atom. The van der Waals surface area contributed by atoms with Crippen LogP contribution in [0.5, 0.6) is 0 Å². The number of benzene rings is 1. The molecule has 0 spiro atoms. The molecule has 0 bridgehead atoms. The number of nitrogens with zero attached hydrogens (tertiary/aromatic N) is 2. The van der Waals surface area contributed by atoms with Gasteiger partial charge in [0.2, 0.25) is 0 Å². The van der Waals surface area contributed by atoms with E-state index in [0.717, 1.165) is 13.1 Å². The van der Waals surface area contributed by atoms with Crippen molar-refractivity contribution in [3.63, 3.8) is 0 Å². The van der Waals surface area contributed by atoms with E-state index in [2.05, 4.69) is 54.1 Å². The Kier molecular flexibility index (Phi) is 9.31. The van der Waals surface area contributed by atoms with Gasteiger partial charge in [-0.05, 0) is 31.2 Å². The van der Waals surface area contributed by atoms with Gasteiger partial charge in [-0.3, -0.25) is 4.99 Å². The first-order valence-corrected chi connectivity index (χ1v) is 11.4. The molecule has 1 fully saturated rings. The molecule has 0 aliphatic heterocycles. The fourth-order valence-corrected chi connectivity index (χ4v) is 5.36. The van der Waals surface area contributed by atoms with Crippen LogP contribution in [-0.2, 0) is 12.0 Å². The van der Waals surface area contributed by atoms with Crippen molar-refractivity contribution in [2.24, 2.45) is 4.99 Å². The highest BCUT2D eigenvalue weighted by atomic mass is 79.9. The standard InChI is InChI=1S/C23H34N2S.BrH/c1-3-5-17-24-22-25(18-6-4-2)21(19-26-22)23(15-11-8-12-16-23)20-13-9-7-10-14-20;/h7,9-10,13-14,19H,3-6,8,11-12,15-18H2,1-2H3;1H/b24-22+;. The minimum atomic E-state index is 0.